The zero-order valence-corrected chi connectivity index (χ0v) is 33.3. The minimum absolute atomic E-state index is 0.0404. The number of allylic oxidation sites excluding steroid dienone is 3. The van der Waals surface area contributed by atoms with Gasteiger partial charge in [-0.15, -0.1) is 0 Å². The van der Waals surface area contributed by atoms with Gasteiger partial charge >= 0.3 is 17.9 Å². The van der Waals surface area contributed by atoms with E-state index < -0.39 is 23.3 Å². The second-order valence-corrected chi connectivity index (χ2v) is 18.9. The van der Waals surface area contributed by atoms with Crippen molar-refractivity contribution in [3.05, 3.63) is 53.6 Å². The summed E-state index contributed by atoms with van der Waals surface area (Å²) in [6.45, 7) is 18.3. The summed E-state index contributed by atoms with van der Waals surface area (Å²) in [6.07, 6.45) is 12.6. The Kier molecular flexibility index (Phi) is 11.3. The van der Waals surface area contributed by atoms with Crippen molar-refractivity contribution in [3.8, 4) is 0 Å². The van der Waals surface area contributed by atoms with Gasteiger partial charge < -0.3 is 25.5 Å². The number of hydrogen-bond donors (Lipinski definition) is 4. The minimum Gasteiger partial charge on any atom is -0.481 e. The van der Waals surface area contributed by atoms with Gasteiger partial charge in [0, 0.05) is 19.6 Å². The third kappa shape index (κ3) is 7.07. The van der Waals surface area contributed by atoms with Crippen LogP contribution in [0.25, 0.3) is 5.57 Å². The highest BCUT2D eigenvalue weighted by Crippen LogP contribution is 2.74. The Morgan fingerprint density at radius 2 is 1.46 bits per heavy atom. The van der Waals surface area contributed by atoms with Crippen LogP contribution in [-0.4, -0.2) is 70.2 Å². The molecule has 9 heteroatoms. The lowest BCUT2D eigenvalue weighted by atomic mass is 9.36. The van der Waals surface area contributed by atoms with Gasteiger partial charge in [0.15, 0.2) is 0 Å². The maximum atomic E-state index is 14.4. The van der Waals surface area contributed by atoms with E-state index in [9.17, 15) is 24.3 Å². The first-order valence-corrected chi connectivity index (χ1v) is 20.6. The molecule has 9 nitrogen and oxygen atoms in total. The van der Waals surface area contributed by atoms with Crippen molar-refractivity contribution in [3.63, 3.8) is 0 Å². The zero-order chi connectivity index (χ0) is 39.2. The molecule has 4 saturated carbocycles. The van der Waals surface area contributed by atoms with Crippen LogP contribution in [0, 0.1) is 57.2 Å². The number of rotatable bonds is 14. The summed E-state index contributed by atoms with van der Waals surface area (Å²) in [4.78, 5) is 50.2. The maximum absolute atomic E-state index is 14.4. The molecule has 9 atom stereocenters. The normalized spacial score (nSPS) is 35.1. The smallest absolute Gasteiger partial charge is 0.335 e. The number of carboxylic acids is 3. The molecule has 0 spiro atoms. The topological polar surface area (TPSA) is 144 Å². The van der Waals surface area contributed by atoms with E-state index in [-0.39, 0.29) is 40.9 Å². The summed E-state index contributed by atoms with van der Waals surface area (Å²) < 4.78 is 0. The first-order valence-electron chi connectivity index (χ1n) is 20.6. The number of nitrogens with zero attached hydrogens (tertiary/aromatic N) is 1. The van der Waals surface area contributed by atoms with E-state index in [1.807, 2.05) is 17.0 Å². The van der Waals surface area contributed by atoms with Crippen molar-refractivity contribution < 1.29 is 34.5 Å². The standard InChI is InChI=1S/C45H64N2O7/c1-28(2)31-14-22-45(41(54)46-24-7-25-47(26-18-37(48)49)27-19-38(50)51)23-16-34-32(39(31)45)12-13-36-43(34,5)21-17-35-42(3,4)33(15-20-44(35,36)6)29-8-10-30(11-9-29)40(52)53/h8-11,15,31-32,34-36,39H,1,7,12-14,16-27H2,2-6H3,(H,46,54)(H,48,49)(H,50,51)(H,52,53)/t31-,32-,34?,35?,36-,39+,43-,44-,45-/m0/s1. The summed E-state index contributed by atoms with van der Waals surface area (Å²) in [5, 5.41) is 31.1. The molecule has 0 heterocycles. The molecule has 54 heavy (non-hydrogen) atoms. The summed E-state index contributed by atoms with van der Waals surface area (Å²) in [6, 6.07) is 7.44. The monoisotopic (exact) mass is 744 g/mol. The molecule has 0 saturated heterocycles. The lowest BCUT2D eigenvalue weighted by Crippen LogP contribution is -2.62. The third-order valence-corrected chi connectivity index (χ3v) is 15.9. The number of amides is 1. The molecule has 6 rings (SSSR count). The molecule has 0 radical (unpaired) electrons. The number of aromatic carboxylic acids is 1. The van der Waals surface area contributed by atoms with Gasteiger partial charge in [-0.3, -0.25) is 14.4 Å². The highest BCUT2D eigenvalue weighted by atomic mass is 16.4. The Hall–Kier alpha value is -3.46. The number of carboxylic acid groups (broad SMARTS) is 3. The third-order valence-electron chi connectivity index (χ3n) is 15.9. The van der Waals surface area contributed by atoms with Gasteiger partial charge in [-0.1, -0.05) is 58.1 Å². The fraction of sp³-hybridized carbons (Fsp3) is 0.689. The average molecular weight is 745 g/mol. The average Bonchev–Trinajstić information content (AvgIpc) is 3.52. The SMILES string of the molecule is C=C(C)[C@@H]1CC[C@]2(C(=O)NCCCN(CCC(=O)O)CCC(=O)O)CCC3[C@H](CC[C@H]4[C@@]3(C)CCC3C(C)(C)C(c5ccc(C(=O)O)cc5)=CC[C@@]34C)[C@@H]12. The van der Waals surface area contributed by atoms with E-state index in [4.69, 9.17) is 10.2 Å². The molecule has 2 unspecified atom stereocenters. The van der Waals surface area contributed by atoms with Gasteiger partial charge in [0.2, 0.25) is 5.91 Å². The molecular weight excluding hydrogens is 681 g/mol. The van der Waals surface area contributed by atoms with Crippen molar-refractivity contribution >= 4 is 29.4 Å². The second-order valence-electron chi connectivity index (χ2n) is 18.9. The molecule has 1 aromatic rings. The maximum Gasteiger partial charge on any atom is 0.335 e. The van der Waals surface area contributed by atoms with Crippen molar-refractivity contribution in [1.82, 2.24) is 10.2 Å². The van der Waals surface area contributed by atoms with Gasteiger partial charge in [0.1, 0.15) is 0 Å². The van der Waals surface area contributed by atoms with Gasteiger partial charge in [-0.2, -0.15) is 0 Å². The van der Waals surface area contributed by atoms with Crippen LogP contribution in [0.3, 0.4) is 0 Å². The number of carbonyl (C=O) groups excluding carboxylic acids is 1. The second kappa shape index (κ2) is 15.2. The van der Waals surface area contributed by atoms with Crippen molar-refractivity contribution in [2.75, 3.05) is 26.2 Å². The van der Waals surface area contributed by atoms with Gasteiger partial charge in [0.25, 0.3) is 0 Å². The zero-order valence-electron chi connectivity index (χ0n) is 33.3. The van der Waals surface area contributed by atoms with Crippen LogP contribution in [0.4, 0.5) is 0 Å². The Bertz CT molecular complexity index is 1650. The first kappa shape index (κ1) is 40.2. The van der Waals surface area contributed by atoms with Crippen LogP contribution in [0.5, 0.6) is 0 Å². The van der Waals surface area contributed by atoms with Gasteiger partial charge in [-0.25, -0.2) is 4.79 Å². The van der Waals surface area contributed by atoms with E-state index in [1.54, 1.807) is 12.1 Å². The van der Waals surface area contributed by atoms with Crippen LogP contribution in [0.1, 0.15) is 128 Å². The minimum atomic E-state index is -0.904. The number of aliphatic carboxylic acids is 2. The number of nitrogens with one attached hydrogen (secondary N) is 1. The van der Waals surface area contributed by atoms with Crippen molar-refractivity contribution in [2.45, 2.75) is 112 Å². The van der Waals surface area contributed by atoms with E-state index in [1.165, 1.54) is 30.4 Å². The van der Waals surface area contributed by atoms with Crippen LogP contribution >= 0.6 is 0 Å². The molecule has 4 N–H and O–H groups in total. The Balaban J connectivity index is 1.19. The molecule has 5 aliphatic carbocycles. The lowest BCUT2D eigenvalue weighted by molar-refractivity contribution is -0.184. The number of fused-ring (bicyclic) bond motifs is 7. The number of hydrogen-bond acceptors (Lipinski definition) is 5. The number of benzene rings is 1. The van der Waals surface area contributed by atoms with E-state index >= 15 is 0 Å². The summed E-state index contributed by atoms with van der Waals surface area (Å²) in [7, 11) is 0. The van der Waals surface area contributed by atoms with Crippen molar-refractivity contribution in [1.29, 1.82) is 0 Å². The molecule has 0 aliphatic heterocycles. The fourth-order valence-corrected chi connectivity index (χ4v) is 13.6. The van der Waals surface area contributed by atoms with Gasteiger partial charge in [0.05, 0.1) is 23.8 Å². The summed E-state index contributed by atoms with van der Waals surface area (Å²) in [5.74, 6) is 0.235. The van der Waals surface area contributed by atoms with E-state index in [0.29, 0.717) is 67.8 Å². The number of carbonyl (C=O) groups is 4. The molecule has 0 aromatic heterocycles. The van der Waals surface area contributed by atoms with Crippen molar-refractivity contribution in [2.24, 2.45) is 57.2 Å². The molecule has 4 fully saturated rings. The molecule has 0 bridgehead atoms. The van der Waals surface area contributed by atoms with Crippen LogP contribution in [0.15, 0.2) is 42.5 Å². The molecule has 1 amide bonds. The van der Waals surface area contributed by atoms with E-state index in [2.05, 4.69) is 52.6 Å². The predicted molar refractivity (Wildman–Crippen MR) is 210 cm³/mol. The van der Waals surface area contributed by atoms with E-state index in [0.717, 1.165) is 44.1 Å². The molecular formula is C45H64N2O7. The predicted octanol–water partition coefficient (Wildman–Crippen LogP) is 8.40. The highest BCUT2D eigenvalue weighted by Gasteiger charge is 2.67. The first-order chi connectivity index (χ1) is 25.5. The highest BCUT2D eigenvalue weighted by molar-refractivity contribution is 5.88. The Morgan fingerprint density at radius 1 is 0.815 bits per heavy atom. The van der Waals surface area contributed by atoms with Crippen LogP contribution in [-0.2, 0) is 14.4 Å². The molecule has 1 aromatic carbocycles. The molecule has 296 valence electrons. The quantitative estimate of drug-likeness (QED) is 0.110. The molecule has 5 aliphatic rings. The van der Waals surface area contributed by atoms with Gasteiger partial charge in [-0.05, 0) is 153 Å². The largest absolute Gasteiger partial charge is 0.481 e. The lowest BCUT2D eigenvalue weighted by Gasteiger charge is -2.68. The van der Waals surface area contributed by atoms with Crippen LogP contribution in [0.2, 0.25) is 0 Å². The fourth-order valence-electron chi connectivity index (χ4n) is 13.6. The van der Waals surface area contributed by atoms with Crippen LogP contribution < -0.4 is 5.32 Å². The Labute approximate surface area is 322 Å². The summed E-state index contributed by atoms with van der Waals surface area (Å²) in [5.41, 5.74) is 3.90. The Morgan fingerprint density at radius 3 is 2.07 bits per heavy atom. The summed E-state index contributed by atoms with van der Waals surface area (Å²) >= 11 is 0.